The lowest BCUT2D eigenvalue weighted by Gasteiger charge is -2.58. The van der Waals surface area contributed by atoms with E-state index in [2.05, 4.69) is 26.8 Å². The third kappa shape index (κ3) is 2.77. The highest BCUT2D eigenvalue weighted by atomic mass is 16.5. The summed E-state index contributed by atoms with van der Waals surface area (Å²) < 4.78 is 11.4. The molecule has 0 aromatic rings. The normalized spacial score (nSPS) is 48.2. The van der Waals surface area contributed by atoms with Gasteiger partial charge in [0, 0.05) is 25.3 Å². The molecule has 3 fully saturated rings. The van der Waals surface area contributed by atoms with Gasteiger partial charge in [-0.3, -0.25) is 4.79 Å². The van der Waals surface area contributed by atoms with E-state index < -0.39 is 0 Å². The molecule has 0 spiro atoms. The first kappa shape index (κ1) is 19.4. The minimum absolute atomic E-state index is 0.0544. The van der Waals surface area contributed by atoms with Crippen LogP contribution in [-0.2, 0) is 19.1 Å². The fraction of sp³-hybridized carbons (Fsp3) is 0.760. The van der Waals surface area contributed by atoms with E-state index in [1.807, 2.05) is 0 Å². The quantitative estimate of drug-likeness (QED) is 0.462. The van der Waals surface area contributed by atoms with Crippen molar-refractivity contribution in [3.8, 4) is 0 Å². The predicted molar refractivity (Wildman–Crippen MR) is 110 cm³/mol. The van der Waals surface area contributed by atoms with Crippen LogP contribution in [0.5, 0.6) is 0 Å². The van der Waals surface area contributed by atoms with Crippen molar-refractivity contribution in [1.29, 1.82) is 0 Å². The van der Waals surface area contributed by atoms with Gasteiger partial charge in [0.15, 0.2) is 0 Å². The second-order valence-corrected chi connectivity index (χ2v) is 10.9. The number of rotatable bonds is 1. The maximum atomic E-state index is 12.0. The van der Waals surface area contributed by atoms with E-state index in [9.17, 15) is 9.59 Å². The van der Waals surface area contributed by atoms with Crippen molar-refractivity contribution in [2.45, 2.75) is 84.8 Å². The minimum atomic E-state index is -0.159. The summed E-state index contributed by atoms with van der Waals surface area (Å²) in [5.74, 6) is 2.07. The van der Waals surface area contributed by atoms with Gasteiger partial charge in [-0.05, 0) is 74.0 Å². The zero-order chi connectivity index (χ0) is 20.6. The average Bonchev–Trinajstić information content (AvgIpc) is 2.94. The molecule has 1 aliphatic heterocycles. The summed E-state index contributed by atoms with van der Waals surface area (Å²) in [6.45, 7) is 8.59. The second kappa shape index (κ2) is 6.46. The zero-order valence-corrected chi connectivity index (χ0v) is 18.2. The molecule has 4 aliphatic carbocycles. The number of carbonyl (C=O) groups excluding carboxylic acids is 2. The molecule has 5 rings (SSSR count). The smallest absolute Gasteiger partial charge is 0.330 e. The number of hydrogen-bond acceptors (Lipinski definition) is 4. The Kier molecular flexibility index (Phi) is 4.32. The van der Waals surface area contributed by atoms with E-state index >= 15 is 0 Å². The molecule has 8 atom stereocenters. The van der Waals surface area contributed by atoms with Gasteiger partial charge < -0.3 is 9.47 Å². The van der Waals surface area contributed by atoms with Gasteiger partial charge in [0.05, 0.1) is 0 Å². The molecule has 5 aliphatic rings. The average molecular weight is 399 g/mol. The summed E-state index contributed by atoms with van der Waals surface area (Å²) in [4.78, 5) is 23.4. The van der Waals surface area contributed by atoms with Crippen molar-refractivity contribution in [3.05, 3.63) is 23.3 Å². The van der Waals surface area contributed by atoms with Crippen LogP contribution in [0.15, 0.2) is 23.3 Å². The Morgan fingerprint density at radius 1 is 1.21 bits per heavy atom. The minimum Gasteiger partial charge on any atom is -0.462 e. The summed E-state index contributed by atoms with van der Waals surface area (Å²) in [5, 5.41) is 0. The van der Waals surface area contributed by atoms with Crippen LogP contribution >= 0.6 is 0 Å². The summed E-state index contributed by atoms with van der Waals surface area (Å²) in [5.41, 5.74) is 3.23. The lowest BCUT2D eigenvalue weighted by atomic mass is 9.47. The number of esters is 2. The van der Waals surface area contributed by atoms with E-state index in [1.54, 1.807) is 6.08 Å². The molecule has 29 heavy (non-hydrogen) atoms. The summed E-state index contributed by atoms with van der Waals surface area (Å²) in [7, 11) is 0. The van der Waals surface area contributed by atoms with Crippen LogP contribution in [0, 0.1) is 34.5 Å². The Bertz CT molecular complexity index is 810. The monoisotopic (exact) mass is 398 g/mol. The number of carbonyl (C=O) groups is 2. The third-order valence-corrected chi connectivity index (χ3v) is 9.50. The van der Waals surface area contributed by atoms with Gasteiger partial charge in [-0.15, -0.1) is 0 Å². The van der Waals surface area contributed by atoms with Crippen LogP contribution in [0.3, 0.4) is 0 Å². The molecule has 1 heterocycles. The van der Waals surface area contributed by atoms with Gasteiger partial charge in [-0.1, -0.05) is 31.1 Å². The van der Waals surface area contributed by atoms with Crippen LogP contribution in [-0.4, -0.2) is 24.1 Å². The van der Waals surface area contributed by atoms with Crippen LogP contribution < -0.4 is 0 Å². The molecule has 0 aromatic heterocycles. The van der Waals surface area contributed by atoms with Gasteiger partial charge in [-0.2, -0.15) is 0 Å². The zero-order valence-electron chi connectivity index (χ0n) is 18.2. The highest BCUT2D eigenvalue weighted by molar-refractivity contribution is 5.84. The Balaban J connectivity index is 1.43. The Labute approximate surface area is 174 Å². The van der Waals surface area contributed by atoms with E-state index in [0.717, 1.165) is 32.1 Å². The molecule has 3 saturated carbocycles. The van der Waals surface area contributed by atoms with Crippen molar-refractivity contribution < 1.29 is 19.1 Å². The molecule has 0 aromatic carbocycles. The van der Waals surface area contributed by atoms with Gasteiger partial charge in [0.2, 0.25) is 0 Å². The topological polar surface area (TPSA) is 52.6 Å². The predicted octanol–water partition coefficient (Wildman–Crippen LogP) is 4.98. The van der Waals surface area contributed by atoms with Crippen LogP contribution in [0.4, 0.5) is 0 Å². The first-order chi connectivity index (χ1) is 13.7. The lowest BCUT2D eigenvalue weighted by Crippen LogP contribution is -2.50. The Hall–Kier alpha value is -1.58. The van der Waals surface area contributed by atoms with Crippen molar-refractivity contribution >= 4 is 11.9 Å². The van der Waals surface area contributed by atoms with Crippen molar-refractivity contribution in [3.63, 3.8) is 0 Å². The molecular formula is C25H34O4. The van der Waals surface area contributed by atoms with Crippen molar-refractivity contribution in [2.75, 3.05) is 0 Å². The molecule has 0 radical (unpaired) electrons. The second-order valence-electron chi connectivity index (χ2n) is 10.9. The van der Waals surface area contributed by atoms with Gasteiger partial charge >= 0.3 is 11.9 Å². The van der Waals surface area contributed by atoms with Crippen LogP contribution in [0.2, 0.25) is 0 Å². The van der Waals surface area contributed by atoms with E-state index in [1.165, 1.54) is 30.9 Å². The van der Waals surface area contributed by atoms with Crippen molar-refractivity contribution in [1.82, 2.24) is 0 Å². The SMILES string of the molecule is CC(=O)O[C@H]1CC[C@@]2(C)C(=CC[C@@H]3[C@H]4C[C@H]5OC(=O)C=C(C)[C@H]5[C@@]4(C)CC[C@H]32)C1. The molecule has 0 amide bonds. The standard InChI is InChI=1S/C25H34O4/c1-14-11-22(27)29-21-13-20-18-6-5-16-12-17(28-15(2)26)7-9-24(16,3)19(18)8-10-25(20,4)23(14)21/h5,11,17-21,23H,6-10,12-13H2,1-4H3/t17-,18-,19+,20+,21+,23+,24-,25-/m0/s1. The molecular weight excluding hydrogens is 364 g/mol. The summed E-state index contributed by atoms with van der Waals surface area (Å²) in [6.07, 6.45) is 12.0. The molecule has 4 heteroatoms. The van der Waals surface area contributed by atoms with E-state index in [4.69, 9.17) is 9.47 Å². The number of allylic oxidation sites excluding steroid dienone is 1. The Morgan fingerprint density at radius 3 is 2.76 bits per heavy atom. The van der Waals surface area contributed by atoms with Gasteiger partial charge in [-0.25, -0.2) is 4.79 Å². The van der Waals surface area contributed by atoms with Crippen LogP contribution in [0.25, 0.3) is 0 Å². The first-order valence-corrected chi connectivity index (χ1v) is 11.5. The van der Waals surface area contributed by atoms with Gasteiger partial charge in [0.1, 0.15) is 12.2 Å². The molecule has 0 N–H and O–H groups in total. The maximum absolute atomic E-state index is 12.0. The summed E-state index contributed by atoms with van der Waals surface area (Å²) >= 11 is 0. The lowest BCUT2D eigenvalue weighted by molar-refractivity contribution is -0.149. The summed E-state index contributed by atoms with van der Waals surface area (Å²) in [6, 6.07) is 0. The fourth-order valence-electron chi connectivity index (χ4n) is 8.34. The number of fused-ring (bicyclic) bond motifs is 7. The number of hydrogen-bond donors (Lipinski definition) is 0. The molecule has 0 bridgehead atoms. The molecule has 0 unspecified atom stereocenters. The maximum Gasteiger partial charge on any atom is 0.330 e. The number of ether oxygens (including phenoxy) is 2. The van der Waals surface area contributed by atoms with Crippen LogP contribution in [0.1, 0.15) is 72.6 Å². The van der Waals surface area contributed by atoms with Gasteiger partial charge in [0.25, 0.3) is 0 Å². The van der Waals surface area contributed by atoms with E-state index in [0.29, 0.717) is 23.7 Å². The molecule has 4 nitrogen and oxygen atoms in total. The molecule has 0 saturated heterocycles. The Morgan fingerprint density at radius 2 is 2.00 bits per heavy atom. The highest BCUT2D eigenvalue weighted by Gasteiger charge is 2.62. The largest absolute Gasteiger partial charge is 0.462 e. The fourth-order valence-corrected chi connectivity index (χ4v) is 8.34. The highest BCUT2D eigenvalue weighted by Crippen LogP contribution is 2.67. The first-order valence-electron chi connectivity index (χ1n) is 11.5. The third-order valence-electron chi connectivity index (χ3n) is 9.50. The van der Waals surface area contributed by atoms with Crippen molar-refractivity contribution in [2.24, 2.45) is 34.5 Å². The molecule has 158 valence electrons. The van der Waals surface area contributed by atoms with E-state index in [-0.39, 0.29) is 35.0 Å².